The number of hydrogen-bond donors (Lipinski definition) is 3. The molecule has 1 rings (SSSR count). The first-order chi connectivity index (χ1) is 5.63. The van der Waals surface area contributed by atoms with Crippen molar-refractivity contribution in [2.75, 3.05) is 6.61 Å². The van der Waals surface area contributed by atoms with Crippen LogP contribution in [0.25, 0.3) is 0 Å². The number of aliphatic hydroxyl groups is 2. The van der Waals surface area contributed by atoms with Crippen LogP contribution in [0.15, 0.2) is 0 Å². The number of ether oxygens (including phenoxy) is 1. The Bertz CT molecular complexity index is 167. The van der Waals surface area contributed by atoms with Gasteiger partial charge in [0.15, 0.2) is 12.4 Å². The van der Waals surface area contributed by atoms with Gasteiger partial charge in [-0.05, 0) is 12.8 Å². The van der Waals surface area contributed by atoms with Gasteiger partial charge in [0.05, 0.1) is 0 Å². The minimum absolute atomic E-state index is 0.375. The van der Waals surface area contributed by atoms with Crippen LogP contribution in [0.5, 0.6) is 0 Å². The van der Waals surface area contributed by atoms with Crippen LogP contribution in [-0.4, -0.2) is 40.3 Å². The molecule has 3 N–H and O–H groups in total. The molecule has 5 nitrogen and oxygen atoms in total. The van der Waals surface area contributed by atoms with Crippen LogP contribution in [-0.2, 0) is 9.53 Å². The van der Waals surface area contributed by atoms with Gasteiger partial charge in [0, 0.05) is 12.5 Å². The van der Waals surface area contributed by atoms with Gasteiger partial charge < -0.3 is 20.1 Å². The van der Waals surface area contributed by atoms with E-state index in [1.807, 2.05) is 0 Å². The summed E-state index contributed by atoms with van der Waals surface area (Å²) in [6.45, 7) is 0.375. The van der Waals surface area contributed by atoms with Crippen LogP contribution in [0.4, 0.5) is 0 Å². The zero-order valence-corrected chi connectivity index (χ0v) is 6.51. The monoisotopic (exact) mass is 176 g/mol. The molecule has 0 amide bonds. The second kappa shape index (κ2) is 3.84. The van der Waals surface area contributed by atoms with Crippen LogP contribution in [0.1, 0.15) is 12.8 Å². The molecule has 0 radical (unpaired) electrons. The largest absolute Gasteiger partial charge is 0.479 e. The molecule has 12 heavy (non-hydrogen) atoms. The second-order valence-corrected chi connectivity index (χ2v) is 2.85. The zero-order valence-electron chi connectivity index (χ0n) is 6.51. The number of carboxylic acids is 1. The average Bonchev–Trinajstić information content (AvgIpc) is 2.04. The van der Waals surface area contributed by atoms with E-state index in [1.54, 1.807) is 0 Å². The standard InChI is InChI=1S/C7H12O5/c8-6(9)4-2-1-3-12-5(4)7(10)11/h4-6,8-9H,1-3H2,(H,10,11). The number of aliphatic hydroxyl groups excluding tert-OH is 1. The Kier molecular flexibility index (Phi) is 3.02. The highest BCUT2D eigenvalue weighted by molar-refractivity contribution is 5.72. The van der Waals surface area contributed by atoms with Crippen molar-refractivity contribution in [1.82, 2.24) is 0 Å². The third-order valence-electron chi connectivity index (χ3n) is 1.99. The molecule has 0 spiro atoms. The lowest BCUT2D eigenvalue weighted by atomic mass is 9.94. The Morgan fingerprint density at radius 3 is 2.58 bits per heavy atom. The molecule has 1 saturated heterocycles. The van der Waals surface area contributed by atoms with Gasteiger partial charge in [-0.2, -0.15) is 0 Å². The first-order valence-corrected chi connectivity index (χ1v) is 3.83. The molecular weight excluding hydrogens is 164 g/mol. The molecule has 1 heterocycles. The molecule has 2 unspecified atom stereocenters. The molecule has 0 aromatic heterocycles. The van der Waals surface area contributed by atoms with Crippen molar-refractivity contribution in [3.05, 3.63) is 0 Å². The number of carboxylic acid groups (broad SMARTS) is 1. The van der Waals surface area contributed by atoms with Crippen molar-refractivity contribution >= 4 is 5.97 Å². The maximum Gasteiger partial charge on any atom is 0.333 e. The summed E-state index contributed by atoms with van der Waals surface area (Å²) in [7, 11) is 0. The van der Waals surface area contributed by atoms with Crippen molar-refractivity contribution in [2.24, 2.45) is 5.92 Å². The summed E-state index contributed by atoms with van der Waals surface area (Å²) in [5.41, 5.74) is 0. The van der Waals surface area contributed by atoms with E-state index in [-0.39, 0.29) is 0 Å². The van der Waals surface area contributed by atoms with Crippen molar-refractivity contribution in [1.29, 1.82) is 0 Å². The molecule has 0 aliphatic carbocycles. The van der Waals surface area contributed by atoms with E-state index in [4.69, 9.17) is 20.1 Å². The first-order valence-electron chi connectivity index (χ1n) is 3.83. The Hall–Kier alpha value is -0.650. The van der Waals surface area contributed by atoms with Crippen LogP contribution < -0.4 is 0 Å². The maximum absolute atomic E-state index is 10.5. The molecule has 0 bridgehead atoms. The van der Waals surface area contributed by atoms with Crippen LogP contribution in [0.2, 0.25) is 0 Å². The minimum atomic E-state index is -1.61. The molecule has 1 aliphatic heterocycles. The molecular formula is C7H12O5. The number of rotatable bonds is 2. The van der Waals surface area contributed by atoms with Gasteiger partial charge in [-0.25, -0.2) is 4.79 Å². The van der Waals surface area contributed by atoms with Gasteiger partial charge in [-0.3, -0.25) is 0 Å². The predicted molar refractivity (Wildman–Crippen MR) is 38.3 cm³/mol. The molecule has 0 saturated carbocycles. The summed E-state index contributed by atoms with van der Waals surface area (Å²) in [6, 6.07) is 0. The summed E-state index contributed by atoms with van der Waals surface area (Å²) >= 11 is 0. The van der Waals surface area contributed by atoms with Gasteiger partial charge in [-0.1, -0.05) is 0 Å². The predicted octanol–water partition coefficient (Wildman–Crippen LogP) is -0.823. The summed E-state index contributed by atoms with van der Waals surface area (Å²) < 4.78 is 4.89. The Balaban J connectivity index is 2.60. The van der Waals surface area contributed by atoms with Gasteiger partial charge in [-0.15, -0.1) is 0 Å². The average molecular weight is 176 g/mol. The van der Waals surface area contributed by atoms with Crippen molar-refractivity contribution in [3.63, 3.8) is 0 Å². The fourth-order valence-electron chi connectivity index (χ4n) is 1.36. The molecule has 0 aromatic rings. The van der Waals surface area contributed by atoms with E-state index < -0.39 is 24.3 Å². The van der Waals surface area contributed by atoms with E-state index in [2.05, 4.69) is 0 Å². The minimum Gasteiger partial charge on any atom is -0.479 e. The van der Waals surface area contributed by atoms with E-state index >= 15 is 0 Å². The highest BCUT2D eigenvalue weighted by Gasteiger charge is 2.35. The summed E-state index contributed by atoms with van der Waals surface area (Å²) in [5.74, 6) is -1.83. The Morgan fingerprint density at radius 1 is 1.50 bits per heavy atom. The lowest BCUT2D eigenvalue weighted by Gasteiger charge is -2.29. The van der Waals surface area contributed by atoms with E-state index in [0.29, 0.717) is 19.4 Å². The van der Waals surface area contributed by atoms with Gasteiger partial charge >= 0.3 is 5.97 Å². The smallest absolute Gasteiger partial charge is 0.333 e. The quantitative estimate of drug-likeness (QED) is 0.478. The van der Waals surface area contributed by atoms with E-state index in [0.717, 1.165) is 0 Å². The summed E-state index contributed by atoms with van der Waals surface area (Å²) in [6.07, 6.45) is -1.52. The number of hydrogen-bond acceptors (Lipinski definition) is 4. The van der Waals surface area contributed by atoms with Gasteiger partial charge in [0.2, 0.25) is 0 Å². The maximum atomic E-state index is 10.5. The van der Waals surface area contributed by atoms with Gasteiger partial charge in [0.25, 0.3) is 0 Å². The zero-order chi connectivity index (χ0) is 9.14. The van der Waals surface area contributed by atoms with Gasteiger partial charge in [0.1, 0.15) is 0 Å². The Morgan fingerprint density at radius 2 is 2.17 bits per heavy atom. The van der Waals surface area contributed by atoms with Crippen molar-refractivity contribution in [2.45, 2.75) is 25.2 Å². The number of carbonyl (C=O) groups is 1. The highest BCUT2D eigenvalue weighted by Crippen LogP contribution is 2.23. The van der Waals surface area contributed by atoms with Crippen molar-refractivity contribution in [3.8, 4) is 0 Å². The lowest BCUT2D eigenvalue weighted by Crippen LogP contribution is -2.42. The fourth-order valence-corrected chi connectivity index (χ4v) is 1.36. The molecule has 5 heteroatoms. The van der Waals surface area contributed by atoms with Crippen LogP contribution in [0.3, 0.4) is 0 Å². The molecule has 0 aromatic carbocycles. The van der Waals surface area contributed by atoms with Crippen LogP contribution >= 0.6 is 0 Å². The third kappa shape index (κ3) is 1.94. The summed E-state index contributed by atoms with van der Waals surface area (Å²) in [4.78, 5) is 10.5. The SMILES string of the molecule is O=C(O)C1OCCCC1C(O)O. The topological polar surface area (TPSA) is 87.0 Å². The molecule has 70 valence electrons. The van der Waals surface area contributed by atoms with E-state index in [9.17, 15) is 4.79 Å². The van der Waals surface area contributed by atoms with E-state index in [1.165, 1.54) is 0 Å². The molecule has 1 aliphatic rings. The molecule has 2 atom stereocenters. The van der Waals surface area contributed by atoms with Crippen LogP contribution in [0, 0.1) is 5.92 Å². The molecule has 1 fully saturated rings. The second-order valence-electron chi connectivity index (χ2n) is 2.85. The fraction of sp³-hybridized carbons (Fsp3) is 0.857. The first kappa shape index (κ1) is 9.44. The van der Waals surface area contributed by atoms with Crippen molar-refractivity contribution < 1.29 is 24.9 Å². The lowest BCUT2D eigenvalue weighted by molar-refractivity contribution is -0.181. The third-order valence-corrected chi connectivity index (χ3v) is 1.99. The Labute approximate surface area is 69.6 Å². The normalized spacial score (nSPS) is 30.6. The highest BCUT2D eigenvalue weighted by atomic mass is 16.5. The number of aliphatic carboxylic acids is 1. The summed E-state index contributed by atoms with van der Waals surface area (Å²) in [5, 5.41) is 26.2.